The fourth-order valence-electron chi connectivity index (χ4n) is 1.90. The van der Waals surface area contributed by atoms with Gasteiger partial charge in [0, 0.05) is 10.6 Å². The van der Waals surface area contributed by atoms with Crippen molar-refractivity contribution < 1.29 is 19.1 Å². The lowest BCUT2D eigenvalue weighted by Gasteiger charge is -2.10. The number of hydrazine groups is 1. The molecule has 0 saturated carbocycles. The first-order chi connectivity index (χ1) is 11.9. The predicted octanol–water partition coefficient (Wildman–Crippen LogP) is 3.10. The summed E-state index contributed by atoms with van der Waals surface area (Å²) in [4.78, 5) is 23.8. The molecule has 0 radical (unpaired) electrons. The van der Waals surface area contributed by atoms with Gasteiger partial charge in [-0.25, -0.2) is 0 Å². The largest absolute Gasteiger partial charge is 0.496 e. The Labute approximate surface area is 163 Å². The van der Waals surface area contributed by atoms with E-state index < -0.39 is 11.8 Å². The zero-order chi connectivity index (χ0) is 18.4. The van der Waals surface area contributed by atoms with E-state index in [9.17, 15) is 9.59 Å². The van der Waals surface area contributed by atoms with Crippen molar-refractivity contribution in [2.45, 2.75) is 6.92 Å². The van der Waals surface area contributed by atoms with E-state index in [1.807, 2.05) is 6.92 Å². The number of hydrogen-bond donors (Lipinski definition) is 2. The van der Waals surface area contributed by atoms with Crippen LogP contribution < -0.4 is 20.3 Å². The lowest BCUT2D eigenvalue weighted by Crippen LogP contribution is -2.43. The van der Waals surface area contributed by atoms with E-state index in [1.54, 1.807) is 43.5 Å². The summed E-state index contributed by atoms with van der Waals surface area (Å²) in [6.07, 6.45) is 0. The molecule has 8 heteroatoms. The Bertz CT molecular complexity index is 798. The molecule has 2 N–H and O–H groups in total. The molecule has 0 unspecified atom stereocenters. The Morgan fingerprint density at radius 3 is 2.56 bits per heavy atom. The second kappa shape index (κ2) is 8.91. The van der Waals surface area contributed by atoms with Crippen molar-refractivity contribution >= 4 is 46.0 Å². The molecular weight excluding hydrogens is 459 g/mol. The molecule has 2 amide bonds. The van der Waals surface area contributed by atoms with Crippen LogP contribution in [0.15, 0.2) is 36.4 Å². The number of hydrogen-bond acceptors (Lipinski definition) is 4. The standard InChI is InChI=1S/C17H16ClIN2O4/c1-10-7-12(4-5-13(10)18)25-9-16(22)20-21-17(23)11-3-6-15(24-2)14(19)8-11/h3-8H,9H2,1-2H3,(H,20,22)(H,21,23). The average Bonchev–Trinajstić information content (AvgIpc) is 2.60. The van der Waals surface area contributed by atoms with E-state index in [4.69, 9.17) is 21.1 Å². The highest BCUT2D eigenvalue weighted by Gasteiger charge is 2.10. The molecule has 0 aliphatic heterocycles. The molecule has 0 aromatic heterocycles. The van der Waals surface area contributed by atoms with Gasteiger partial charge in [-0.15, -0.1) is 0 Å². The molecule has 0 fully saturated rings. The molecule has 0 bridgehead atoms. The Morgan fingerprint density at radius 1 is 1.16 bits per heavy atom. The van der Waals surface area contributed by atoms with Gasteiger partial charge in [-0.05, 0) is 71.5 Å². The first-order valence-electron chi connectivity index (χ1n) is 7.22. The van der Waals surface area contributed by atoms with Gasteiger partial charge in [-0.2, -0.15) is 0 Å². The summed E-state index contributed by atoms with van der Waals surface area (Å²) in [5, 5.41) is 0.623. The van der Waals surface area contributed by atoms with Gasteiger partial charge in [0.15, 0.2) is 6.61 Å². The van der Waals surface area contributed by atoms with Gasteiger partial charge in [-0.3, -0.25) is 20.4 Å². The Kier molecular flexibility index (Phi) is 6.89. The van der Waals surface area contributed by atoms with E-state index in [0.29, 0.717) is 22.1 Å². The van der Waals surface area contributed by atoms with Crippen LogP contribution in [-0.4, -0.2) is 25.5 Å². The summed E-state index contributed by atoms with van der Waals surface area (Å²) in [7, 11) is 1.56. The van der Waals surface area contributed by atoms with E-state index in [1.165, 1.54) is 0 Å². The third-order valence-electron chi connectivity index (χ3n) is 3.23. The van der Waals surface area contributed by atoms with Gasteiger partial charge >= 0.3 is 0 Å². The van der Waals surface area contributed by atoms with Gasteiger partial charge in [0.1, 0.15) is 11.5 Å². The minimum Gasteiger partial charge on any atom is -0.496 e. The highest BCUT2D eigenvalue weighted by molar-refractivity contribution is 14.1. The van der Waals surface area contributed by atoms with Crippen molar-refractivity contribution in [1.82, 2.24) is 10.9 Å². The summed E-state index contributed by atoms with van der Waals surface area (Å²) < 4.78 is 11.3. The number of benzene rings is 2. The Morgan fingerprint density at radius 2 is 1.92 bits per heavy atom. The third-order valence-corrected chi connectivity index (χ3v) is 4.50. The molecule has 0 heterocycles. The highest BCUT2D eigenvalue weighted by atomic mass is 127. The van der Waals surface area contributed by atoms with Crippen LogP contribution in [0.4, 0.5) is 0 Å². The zero-order valence-electron chi connectivity index (χ0n) is 13.6. The summed E-state index contributed by atoms with van der Waals surface area (Å²) in [6, 6.07) is 10.0. The highest BCUT2D eigenvalue weighted by Crippen LogP contribution is 2.22. The molecule has 6 nitrogen and oxygen atoms in total. The number of methoxy groups -OCH3 is 1. The Balaban J connectivity index is 1.83. The maximum absolute atomic E-state index is 12.0. The van der Waals surface area contributed by atoms with Crippen LogP contribution in [0, 0.1) is 10.5 Å². The van der Waals surface area contributed by atoms with Crippen molar-refractivity contribution in [2.24, 2.45) is 0 Å². The van der Waals surface area contributed by atoms with Crippen molar-refractivity contribution in [3.05, 3.63) is 56.1 Å². The second-order valence-electron chi connectivity index (χ2n) is 5.05. The van der Waals surface area contributed by atoms with Crippen LogP contribution >= 0.6 is 34.2 Å². The molecule has 0 atom stereocenters. The summed E-state index contributed by atoms with van der Waals surface area (Å²) in [5.41, 5.74) is 5.89. The summed E-state index contributed by atoms with van der Waals surface area (Å²) in [6.45, 7) is 1.60. The maximum Gasteiger partial charge on any atom is 0.276 e. The smallest absolute Gasteiger partial charge is 0.276 e. The van der Waals surface area contributed by atoms with Gasteiger partial charge < -0.3 is 9.47 Å². The number of amides is 2. The molecule has 0 spiro atoms. The van der Waals surface area contributed by atoms with Crippen molar-refractivity contribution in [1.29, 1.82) is 0 Å². The number of carbonyl (C=O) groups is 2. The van der Waals surface area contributed by atoms with Gasteiger partial charge in [-0.1, -0.05) is 11.6 Å². The van der Waals surface area contributed by atoms with Crippen LogP contribution in [-0.2, 0) is 4.79 Å². The summed E-state index contributed by atoms with van der Waals surface area (Å²) in [5.74, 6) is 0.279. The monoisotopic (exact) mass is 474 g/mol. The maximum atomic E-state index is 12.0. The van der Waals surface area contributed by atoms with E-state index in [-0.39, 0.29) is 6.61 Å². The molecule has 25 heavy (non-hydrogen) atoms. The van der Waals surface area contributed by atoms with E-state index in [0.717, 1.165) is 9.13 Å². The van der Waals surface area contributed by atoms with Crippen molar-refractivity contribution in [2.75, 3.05) is 13.7 Å². The molecule has 132 valence electrons. The van der Waals surface area contributed by atoms with Crippen molar-refractivity contribution in [3.8, 4) is 11.5 Å². The molecule has 0 aliphatic carbocycles. The first-order valence-corrected chi connectivity index (χ1v) is 8.68. The summed E-state index contributed by atoms with van der Waals surface area (Å²) >= 11 is 7.99. The van der Waals surface area contributed by atoms with Gasteiger partial charge in [0.2, 0.25) is 0 Å². The zero-order valence-corrected chi connectivity index (χ0v) is 16.5. The van der Waals surface area contributed by atoms with Gasteiger partial charge in [0.25, 0.3) is 11.8 Å². The van der Waals surface area contributed by atoms with E-state index in [2.05, 4.69) is 33.4 Å². The fourth-order valence-corrected chi connectivity index (χ4v) is 2.75. The molecule has 2 aromatic rings. The predicted molar refractivity (Wildman–Crippen MR) is 103 cm³/mol. The normalized spacial score (nSPS) is 10.1. The lowest BCUT2D eigenvalue weighted by atomic mass is 10.2. The first kappa shape index (κ1) is 19.3. The minimum atomic E-state index is -0.482. The topological polar surface area (TPSA) is 76.7 Å². The Hall–Kier alpha value is -2.00. The van der Waals surface area contributed by atoms with E-state index >= 15 is 0 Å². The van der Waals surface area contributed by atoms with Crippen LogP contribution in [0.1, 0.15) is 15.9 Å². The molecular formula is C17H16ClIN2O4. The second-order valence-corrected chi connectivity index (χ2v) is 6.62. The number of nitrogens with one attached hydrogen (secondary N) is 2. The molecule has 0 aliphatic rings. The van der Waals surface area contributed by atoms with Crippen LogP contribution in [0.5, 0.6) is 11.5 Å². The number of halogens is 2. The molecule has 2 aromatic carbocycles. The quantitative estimate of drug-likeness (QED) is 0.516. The van der Waals surface area contributed by atoms with Crippen molar-refractivity contribution in [3.63, 3.8) is 0 Å². The molecule has 2 rings (SSSR count). The number of carbonyl (C=O) groups excluding carboxylic acids is 2. The number of aryl methyl sites for hydroxylation is 1. The number of rotatable bonds is 5. The van der Waals surface area contributed by atoms with Crippen LogP contribution in [0.2, 0.25) is 5.02 Å². The van der Waals surface area contributed by atoms with Crippen LogP contribution in [0.3, 0.4) is 0 Å². The van der Waals surface area contributed by atoms with Crippen LogP contribution in [0.25, 0.3) is 0 Å². The average molecular weight is 475 g/mol. The minimum absolute atomic E-state index is 0.235. The SMILES string of the molecule is COc1ccc(C(=O)NNC(=O)COc2ccc(Cl)c(C)c2)cc1I. The lowest BCUT2D eigenvalue weighted by molar-refractivity contribution is -0.123. The van der Waals surface area contributed by atoms with Gasteiger partial charge in [0.05, 0.1) is 10.7 Å². The molecule has 0 saturated heterocycles. The third kappa shape index (κ3) is 5.50. The fraction of sp³-hybridized carbons (Fsp3) is 0.176. The number of ether oxygens (including phenoxy) is 2.